The molecule has 0 saturated carbocycles. The molecule has 0 bridgehead atoms. The number of rotatable bonds is 5. The maximum Gasteiger partial charge on any atom is 0.309 e. The number of aryl methyl sites for hydroxylation is 1. The number of benzene rings is 1. The maximum absolute atomic E-state index is 12.9. The van der Waals surface area contributed by atoms with E-state index in [0.717, 1.165) is 17.1 Å². The number of aromatic nitrogens is 1. The molecule has 4 rings (SSSR count). The van der Waals surface area contributed by atoms with Gasteiger partial charge in [0.05, 0.1) is 5.92 Å². The lowest BCUT2D eigenvalue weighted by atomic mass is 9.91. The lowest BCUT2D eigenvalue weighted by Crippen LogP contribution is -2.45. The van der Waals surface area contributed by atoms with E-state index in [1.54, 1.807) is 0 Å². The smallest absolute Gasteiger partial charge is 0.309 e. The van der Waals surface area contributed by atoms with E-state index in [1.165, 1.54) is 0 Å². The zero-order chi connectivity index (χ0) is 25.3. The van der Waals surface area contributed by atoms with E-state index in [4.69, 9.17) is 14.2 Å². The van der Waals surface area contributed by atoms with Gasteiger partial charge in [-0.1, -0.05) is 20.8 Å². The first-order valence-corrected chi connectivity index (χ1v) is 12.1. The van der Waals surface area contributed by atoms with Crippen molar-refractivity contribution < 1.29 is 28.6 Å². The summed E-state index contributed by atoms with van der Waals surface area (Å²) in [6, 6.07) is 7.52. The Morgan fingerprint density at radius 3 is 2.31 bits per heavy atom. The summed E-state index contributed by atoms with van der Waals surface area (Å²) in [5.74, 6) is 0.569. The van der Waals surface area contributed by atoms with Crippen LogP contribution in [0.5, 0.6) is 11.5 Å². The molecule has 1 saturated heterocycles. The van der Waals surface area contributed by atoms with E-state index in [2.05, 4.69) is 0 Å². The summed E-state index contributed by atoms with van der Waals surface area (Å²) in [5, 5.41) is 0. The van der Waals surface area contributed by atoms with Crippen LogP contribution in [0.1, 0.15) is 55.4 Å². The number of Topliss-reactive ketones (excluding diaryl/α,β-unsaturated/α-hetero) is 1. The number of ether oxygens (including phenoxy) is 3. The van der Waals surface area contributed by atoms with Crippen LogP contribution in [-0.2, 0) is 14.3 Å². The Bertz CT molecular complexity index is 1140. The number of piperidine rings is 1. The van der Waals surface area contributed by atoms with Crippen molar-refractivity contribution in [3.05, 3.63) is 41.2 Å². The molecule has 8 nitrogen and oxygen atoms in total. The summed E-state index contributed by atoms with van der Waals surface area (Å²) in [5.41, 5.74) is 2.62. The van der Waals surface area contributed by atoms with Gasteiger partial charge in [-0.3, -0.25) is 14.4 Å². The minimum absolute atomic E-state index is 0.0906. The summed E-state index contributed by atoms with van der Waals surface area (Å²) in [4.78, 5) is 39.8. The number of fused-ring (bicyclic) bond motifs is 1. The van der Waals surface area contributed by atoms with E-state index in [1.807, 2.05) is 68.4 Å². The topological polar surface area (TPSA) is 87.1 Å². The molecule has 0 N–H and O–H groups in total. The molecule has 1 aromatic heterocycles. The zero-order valence-electron chi connectivity index (χ0n) is 21.2. The fourth-order valence-electron chi connectivity index (χ4n) is 4.74. The van der Waals surface area contributed by atoms with Gasteiger partial charge in [-0.2, -0.15) is 0 Å². The molecule has 1 fully saturated rings. The van der Waals surface area contributed by atoms with Gasteiger partial charge in [0, 0.05) is 47.2 Å². The van der Waals surface area contributed by atoms with Crippen molar-refractivity contribution >= 4 is 17.7 Å². The van der Waals surface area contributed by atoms with Crippen LogP contribution in [-0.4, -0.2) is 60.0 Å². The van der Waals surface area contributed by atoms with Crippen LogP contribution >= 0.6 is 0 Å². The molecule has 188 valence electrons. The molecule has 0 radical (unpaired) electrons. The first-order chi connectivity index (χ1) is 16.6. The number of carbonyl (C=O) groups excluding carboxylic acids is 3. The third-order valence-electron chi connectivity index (χ3n) is 6.62. The summed E-state index contributed by atoms with van der Waals surface area (Å²) >= 11 is 0. The predicted octanol–water partition coefficient (Wildman–Crippen LogP) is 3.88. The molecular weight excluding hydrogens is 448 g/mol. The van der Waals surface area contributed by atoms with Crippen molar-refractivity contribution in [3.8, 4) is 17.2 Å². The standard InChI is InChI=1S/C27H34N2O6/c1-17-14-21(18(2)29(17)20-6-7-23-24(15-20)34-13-12-33-23)22(30)16-35-25(31)19-8-10-28(11-9-19)26(32)27(3,4)5/h6-7,14-15,19H,8-13,16H2,1-5H3. The molecule has 1 aromatic carbocycles. The second kappa shape index (κ2) is 9.76. The Hall–Kier alpha value is -3.29. The van der Waals surface area contributed by atoms with Crippen LogP contribution in [0.3, 0.4) is 0 Å². The first kappa shape index (κ1) is 24.8. The summed E-state index contributed by atoms with van der Waals surface area (Å²) in [6.45, 7) is 11.3. The summed E-state index contributed by atoms with van der Waals surface area (Å²) in [7, 11) is 0. The van der Waals surface area contributed by atoms with Crippen molar-refractivity contribution in [1.29, 1.82) is 0 Å². The molecule has 3 heterocycles. The van der Waals surface area contributed by atoms with Crippen molar-refractivity contribution in [2.75, 3.05) is 32.9 Å². The van der Waals surface area contributed by atoms with E-state index in [9.17, 15) is 14.4 Å². The molecule has 0 aliphatic carbocycles. The summed E-state index contributed by atoms with van der Waals surface area (Å²) in [6.07, 6.45) is 1.10. The number of hydrogen-bond donors (Lipinski definition) is 0. The summed E-state index contributed by atoms with van der Waals surface area (Å²) < 4.78 is 18.7. The highest BCUT2D eigenvalue weighted by molar-refractivity contribution is 5.99. The quantitative estimate of drug-likeness (QED) is 0.475. The molecule has 2 aliphatic rings. The van der Waals surface area contributed by atoms with Crippen molar-refractivity contribution in [1.82, 2.24) is 9.47 Å². The molecule has 35 heavy (non-hydrogen) atoms. The van der Waals surface area contributed by atoms with Crippen LogP contribution < -0.4 is 9.47 Å². The molecule has 8 heteroatoms. The van der Waals surface area contributed by atoms with Gasteiger partial charge in [-0.05, 0) is 44.9 Å². The molecule has 2 aliphatic heterocycles. The van der Waals surface area contributed by atoms with Gasteiger partial charge >= 0.3 is 5.97 Å². The van der Waals surface area contributed by atoms with Gasteiger partial charge in [0.2, 0.25) is 11.7 Å². The van der Waals surface area contributed by atoms with Crippen molar-refractivity contribution in [3.63, 3.8) is 0 Å². The monoisotopic (exact) mass is 482 g/mol. The molecule has 0 unspecified atom stereocenters. The largest absolute Gasteiger partial charge is 0.486 e. The van der Waals surface area contributed by atoms with E-state index < -0.39 is 5.41 Å². The minimum atomic E-state index is -0.438. The highest BCUT2D eigenvalue weighted by Gasteiger charge is 2.33. The lowest BCUT2D eigenvalue weighted by Gasteiger charge is -2.34. The SMILES string of the molecule is Cc1cc(C(=O)COC(=O)C2CCN(C(=O)C(C)(C)C)CC2)c(C)n1-c1ccc2c(c1)OCCO2. The van der Waals surface area contributed by atoms with Gasteiger partial charge in [0.1, 0.15) is 13.2 Å². The van der Waals surface area contributed by atoms with Crippen LogP contribution in [0.2, 0.25) is 0 Å². The normalized spacial score (nSPS) is 16.2. The van der Waals surface area contributed by atoms with Crippen LogP contribution in [0.25, 0.3) is 5.69 Å². The number of nitrogens with zero attached hydrogens (tertiary/aromatic N) is 2. The molecule has 2 aromatic rings. The van der Waals surface area contributed by atoms with Crippen LogP contribution in [0, 0.1) is 25.2 Å². The number of likely N-dealkylation sites (tertiary alicyclic amines) is 1. The number of carbonyl (C=O) groups is 3. The molecule has 0 atom stereocenters. The second-order valence-electron chi connectivity index (χ2n) is 10.3. The Morgan fingerprint density at radius 2 is 1.66 bits per heavy atom. The van der Waals surface area contributed by atoms with Crippen molar-refractivity contribution in [2.45, 2.75) is 47.5 Å². The first-order valence-electron chi connectivity index (χ1n) is 12.1. The molecular formula is C27H34N2O6. The predicted molar refractivity (Wildman–Crippen MR) is 130 cm³/mol. The Kier molecular flexibility index (Phi) is 6.92. The van der Waals surface area contributed by atoms with E-state index >= 15 is 0 Å². The van der Waals surface area contributed by atoms with Gasteiger partial charge in [-0.15, -0.1) is 0 Å². The number of hydrogen-bond acceptors (Lipinski definition) is 6. The zero-order valence-corrected chi connectivity index (χ0v) is 21.2. The van der Waals surface area contributed by atoms with Gasteiger partial charge in [-0.25, -0.2) is 0 Å². The lowest BCUT2D eigenvalue weighted by molar-refractivity contribution is -0.152. The number of esters is 1. The highest BCUT2D eigenvalue weighted by Crippen LogP contribution is 2.33. The van der Waals surface area contributed by atoms with Gasteiger partial charge < -0.3 is 23.7 Å². The number of amides is 1. The van der Waals surface area contributed by atoms with Gasteiger partial charge in [0.15, 0.2) is 18.1 Å². The van der Waals surface area contributed by atoms with Crippen molar-refractivity contribution in [2.24, 2.45) is 11.3 Å². The Labute approximate surface area is 206 Å². The van der Waals surface area contributed by atoms with Crippen LogP contribution in [0.4, 0.5) is 0 Å². The average Bonchev–Trinajstić information content (AvgIpc) is 3.14. The Morgan fingerprint density at radius 1 is 1.00 bits per heavy atom. The second-order valence-corrected chi connectivity index (χ2v) is 10.3. The average molecular weight is 483 g/mol. The van der Waals surface area contributed by atoms with Gasteiger partial charge in [0.25, 0.3) is 0 Å². The Balaban J connectivity index is 1.37. The minimum Gasteiger partial charge on any atom is -0.486 e. The van der Waals surface area contributed by atoms with E-state index in [0.29, 0.717) is 56.2 Å². The van der Waals surface area contributed by atoms with Crippen LogP contribution in [0.15, 0.2) is 24.3 Å². The third kappa shape index (κ3) is 5.21. The highest BCUT2D eigenvalue weighted by atomic mass is 16.6. The number of ketones is 1. The fourth-order valence-corrected chi connectivity index (χ4v) is 4.74. The maximum atomic E-state index is 12.9. The molecule has 1 amide bonds. The fraction of sp³-hybridized carbons (Fsp3) is 0.519. The molecule has 0 spiro atoms. The third-order valence-corrected chi connectivity index (χ3v) is 6.62. The van der Waals surface area contributed by atoms with E-state index in [-0.39, 0.29) is 30.2 Å².